The molecule has 1 aromatic carbocycles. The molecular weight excluding hydrogens is 264 g/mol. The number of aromatic hydroxyl groups is 1. The van der Waals surface area contributed by atoms with E-state index in [2.05, 4.69) is 5.32 Å². The number of benzene rings is 1. The Labute approximate surface area is 117 Å². The molecule has 0 aliphatic rings. The summed E-state index contributed by atoms with van der Waals surface area (Å²) in [5.74, 6) is 0.00880. The molecule has 0 aliphatic heterocycles. The largest absolute Gasteiger partial charge is 0.507 e. The Bertz CT molecular complexity index is 477. The molecule has 0 saturated carbocycles. The summed E-state index contributed by atoms with van der Waals surface area (Å²) < 4.78 is 4.96. The van der Waals surface area contributed by atoms with E-state index < -0.39 is 0 Å². The van der Waals surface area contributed by atoms with Crippen LogP contribution >= 0.6 is 12.2 Å². The summed E-state index contributed by atoms with van der Waals surface area (Å²) in [4.78, 5) is 12.4. The topological polar surface area (TPSA) is 84.6 Å². The minimum atomic E-state index is -0.358. The van der Waals surface area contributed by atoms with Crippen LogP contribution in [0.4, 0.5) is 0 Å². The molecule has 0 heterocycles. The molecule has 1 amide bonds. The number of phenolic OH excluding ortho intramolecular Hbond substituents is 1. The predicted octanol–water partition coefficient (Wildman–Crippen LogP) is 1.59. The molecule has 0 fully saturated rings. The van der Waals surface area contributed by atoms with Crippen LogP contribution in [0.1, 0.15) is 30.1 Å². The lowest BCUT2D eigenvalue weighted by molar-refractivity contribution is 0.0934. The molecule has 1 atom stereocenters. The number of methoxy groups -OCH3 is 1. The highest BCUT2D eigenvalue weighted by atomic mass is 32.1. The molecule has 0 aliphatic carbocycles. The number of nitrogens with two attached hydrogens (primary N) is 1. The van der Waals surface area contributed by atoms with E-state index in [1.165, 1.54) is 19.2 Å². The number of ether oxygens (including phenoxy) is 1. The molecule has 0 radical (unpaired) electrons. The summed E-state index contributed by atoms with van der Waals surface area (Å²) in [5, 5.41) is 12.6. The van der Waals surface area contributed by atoms with E-state index in [9.17, 15) is 9.90 Å². The van der Waals surface area contributed by atoms with Crippen LogP contribution in [-0.4, -0.2) is 29.2 Å². The van der Waals surface area contributed by atoms with Gasteiger partial charge in [0.25, 0.3) is 5.91 Å². The molecule has 5 nitrogen and oxygen atoms in total. The van der Waals surface area contributed by atoms with Crippen molar-refractivity contribution in [2.75, 3.05) is 7.11 Å². The summed E-state index contributed by atoms with van der Waals surface area (Å²) >= 11 is 4.83. The van der Waals surface area contributed by atoms with E-state index >= 15 is 0 Å². The van der Waals surface area contributed by atoms with Gasteiger partial charge in [-0.15, -0.1) is 0 Å². The first-order chi connectivity index (χ1) is 8.97. The molecule has 0 bridgehead atoms. The fourth-order valence-corrected chi connectivity index (χ4v) is 1.84. The SMILES string of the molecule is CCC(CC(N)=S)NC(=O)c1ccc(OC)cc1O. The molecular formula is C13H18N2O3S. The van der Waals surface area contributed by atoms with Crippen molar-refractivity contribution in [2.45, 2.75) is 25.8 Å². The first kappa shape index (κ1) is 15.2. The van der Waals surface area contributed by atoms with Crippen molar-refractivity contribution in [1.82, 2.24) is 5.32 Å². The molecule has 104 valence electrons. The van der Waals surface area contributed by atoms with Crippen LogP contribution in [0, 0.1) is 0 Å². The lowest BCUT2D eigenvalue weighted by atomic mass is 10.1. The number of carbonyl (C=O) groups is 1. The molecule has 19 heavy (non-hydrogen) atoms. The number of phenols is 1. The number of hydrogen-bond donors (Lipinski definition) is 3. The van der Waals surface area contributed by atoms with Crippen LogP contribution in [0.15, 0.2) is 18.2 Å². The summed E-state index contributed by atoms with van der Waals surface area (Å²) in [6, 6.07) is 4.38. The van der Waals surface area contributed by atoms with Crippen LogP contribution < -0.4 is 15.8 Å². The highest BCUT2D eigenvalue weighted by Crippen LogP contribution is 2.23. The number of nitrogens with one attached hydrogen (secondary N) is 1. The van der Waals surface area contributed by atoms with Gasteiger partial charge in [-0.05, 0) is 18.6 Å². The Morgan fingerprint density at radius 3 is 2.74 bits per heavy atom. The quantitative estimate of drug-likeness (QED) is 0.690. The van der Waals surface area contributed by atoms with Crippen LogP contribution in [-0.2, 0) is 0 Å². The second-order valence-corrected chi connectivity index (χ2v) is 4.66. The maximum Gasteiger partial charge on any atom is 0.255 e. The second kappa shape index (κ2) is 6.94. The monoisotopic (exact) mass is 282 g/mol. The van der Waals surface area contributed by atoms with Gasteiger partial charge in [0.15, 0.2) is 0 Å². The average molecular weight is 282 g/mol. The molecule has 0 aromatic heterocycles. The Morgan fingerprint density at radius 1 is 1.58 bits per heavy atom. The third-order valence-electron chi connectivity index (χ3n) is 2.73. The fourth-order valence-electron chi connectivity index (χ4n) is 1.63. The van der Waals surface area contributed by atoms with Gasteiger partial charge >= 0.3 is 0 Å². The smallest absolute Gasteiger partial charge is 0.255 e. The Kier molecular flexibility index (Phi) is 5.57. The number of thiocarbonyl (C=S) groups is 1. The van der Waals surface area contributed by atoms with E-state index in [4.69, 9.17) is 22.7 Å². The van der Waals surface area contributed by atoms with Crippen molar-refractivity contribution in [1.29, 1.82) is 0 Å². The minimum absolute atomic E-state index is 0.123. The highest BCUT2D eigenvalue weighted by molar-refractivity contribution is 7.80. The predicted molar refractivity (Wildman–Crippen MR) is 77.6 cm³/mol. The summed E-state index contributed by atoms with van der Waals surface area (Å²) in [5.41, 5.74) is 5.66. The van der Waals surface area contributed by atoms with E-state index in [-0.39, 0.29) is 23.3 Å². The lowest BCUT2D eigenvalue weighted by Gasteiger charge is -2.16. The Balaban J connectivity index is 2.79. The van der Waals surface area contributed by atoms with Crippen LogP contribution in [0.5, 0.6) is 11.5 Å². The number of rotatable bonds is 6. The number of amides is 1. The summed E-state index contributed by atoms with van der Waals surface area (Å²) in [6.07, 6.45) is 1.15. The summed E-state index contributed by atoms with van der Waals surface area (Å²) in [7, 11) is 1.49. The Morgan fingerprint density at radius 2 is 2.26 bits per heavy atom. The van der Waals surface area contributed by atoms with Gasteiger partial charge in [-0.2, -0.15) is 0 Å². The van der Waals surface area contributed by atoms with Gasteiger partial charge in [0.2, 0.25) is 0 Å². The van der Waals surface area contributed by atoms with Crippen molar-refractivity contribution < 1.29 is 14.6 Å². The van der Waals surface area contributed by atoms with E-state index in [1.807, 2.05) is 6.92 Å². The van der Waals surface area contributed by atoms with E-state index in [0.29, 0.717) is 23.6 Å². The highest BCUT2D eigenvalue weighted by Gasteiger charge is 2.16. The molecule has 1 unspecified atom stereocenters. The zero-order valence-corrected chi connectivity index (χ0v) is 11.8. The fraction of sp³-hybridized carbons (Fsp3) is 0.385. The molecule has 4 N–H and O–H groups in total. The summed E-state index contributed by atoms with van der Waals surface area (Å²) in [6.45, 7) is 1.93. The lowest BCUT2D eigenvalue weighted by Crippen LogP contribution is -2.37. The zero-order chi connectivity index (χ0) is 14.4. The minimum Gasteiger partial charge on any atom is -0.507 e. The normalized spacial score (nSPS) is 11.7. The van der Waals surface area contributed by atoms with Crippen LogP contribution in [0.25, 0.3) is 0 Å². The average Bonchev–Trinajstić information content (AvgIpc) is 2.36. The van der Waals surface area contributed by atoms with Gasteiger partial charge in [-0.1, -0.05) is 19.1 Å². The molecule has 0 saturated heterocycles. The zero-order valence-electron chi connectivity index (χ0n) is 11.0. The first-order valence-corrected chi connectivity index (χ1v) is 6.35. The maximum absolute atomic E-state index is 12.0. The maximum atomic E-state index is 12.0. The number of hydrogen-bond acceptors (Lipinski definition) is 4. The Hall–Kier alpha value is -1.82. The van der Waals surface area contributed by atoms with Gasteiger partial charge < -0.3 is 20.9 Å². The van der Waals surface area contributed by atoms with Gasteiger partial charge in [0.1, 0.15) is 11.5 Å². The van der Waals surface area contributed by atoms with Crippen molar-refractivity contribution in [3.8, 4) is 11.5 Å². The van der Waals surface area contributed by atoms with Crippen LogP contribution in [0.3, 0.4) is 0 Å². The first-order valence-electron chi connectivity index (χ1n) is 5.94. The standard InChI is InChI=1S/C13H18N2O3S/c1-3-8(6-12(14)19)15-13(17)10-5-4-9(18-2)7-11(10)16/h4-5,7-8,16H,3,6H2,1-2H3,(H2,14,19)(H,15,17). The molecule has 1 rings (SSSR count). The van der Waals surface area contributed by atoms with Crippen molar-refractivity contribution in [3.05, 3.63) is 23.8 Å². The molecule has 0 spiro atoms. The molecule has 6 heteroatoms. The van der Waals surface area contributed by atoms with E-state index in [1.54, 1.807) is 6.07 Å². The molecule has 1 aromatic rings. The third kappa shape index (κ3) is 4.40. The van der Waals surface area contributed by atoms with Gasteiger partial charge in [-0.25, -0.2) is 0 Å². The van der Waals surface area contributed by atoms with Gasteiger partial charge in [0, 0.05) is 18.5 Å². The van der Waals surface area contributed by atoms with Crippen molar-refractivity contribution in [3.63, 3.8) is 0 Å². The number of carbonyl (C=O) groups excluding carboxylic acids is 1. The third-order valence-corrected chi connectivity index (χ3v) is 2.89. The van der Waals surface area contributed by atoms with Crippen molar-refractivity contribution >= 4 is 23.1 Å². The van der Waals surface area contributed by atoms with Gasteiger partial charge in [0.05, 0.1) is 17.7 Å². The van der Waals surface area contributed by atoms with Crippen molar-refractivity contribution in [2.24, 2.45) is 5.73 Å². The van der Waals surface area contributed by atoms with Crippen LogP contribution in [0.2, 0.25) is 0 Å². The second-order valence-electron chi connectivity index (χ2n) is 4.13. The van der Waals surface area contributed by atoms with E-state index in [0.717, 1.165) is 0 Å². The van der Waals surface area contributed by atoms with Gasteiger partial charge in [-0.3, -0.25) is 4.79 Å².